The third-order valence-corrected chi connectivity index (χ3v) is 5.05. The van der Waals surface area contributed by atoms with Crippen LogP contribution in [0.25, 0.3) is 0 Å². The van der Waals surface area contributed by atoms with Gasteiger partial charge in [-0.15, -0.1) is 0 Å². The molecular formula is C11H20N2O4S. The van der Waals surface area contributed by atoms with Crippen molar-refractivity contribution in [3.63, 3.8) is 0 Å². The lowest BCUT2D eigenvalue weighted by atomic mass is 9.78. The fourth-order valence-corrected chi connectivity index (χ4v) is 3.86. The minimum absolute atomic E-state index is 0.0793. The number of aliphatic hydroxyl groups excluding tert-OH is 3. The van der Waals surface area contributed by atoms with Gasteiger partial charge >= 0.3 is 0 Å². The van der Waals surface area contributed by atoms with Gasteiger partial charge in [-0.25, -0.2) is 5.06 Å². The Morgan fingerprint density at radius 2 is 2.11 bits per heavy atom. The second-order valence-electron chi connectivity index (χ2n) is 4.86. The molecule has 2 aliphatic rings. The van der Waals surface area contributed by atoms with Crippen LogP contribution in [0.4, 0.5) is 0 Å². The van der Waals surface area contributed by atoms with Crippen LogP contribution in [0, 0.1) is 5.92 Å². The second-order valence-corrected chi connectivity index (χ2v) is 6.07. The summed E-state index contributed by atoms with van der Waals surface area (Å²) in [6, 6.07) is -0.326. The van der Waals surface area contributed by atoms with Crippen molar-refractivity contribution in [3.05, 3.63) is 0 Å². The molecule has 18 heavy (non-hydrogen) atoms. The van der Waals surface area contributed by atoms with E-state index < -0.39 is 18.3 Å². The summed E-state index contributed by atoms with van der Waals surface area (Å²) in [6.45, 7) is 1.64. The molecule has 1 heterocycles. The van der Waals surface area contributed by atoms with Crippen LogP contribution in [0.5, 0.6) is 0 Å². The molecule has 0 saturated heterocycles. The smallest absolute Gasteiger partial charge is 0.183 e. The van der Waals surface area contributed by atoms with E-state index in [0.717, 1.165) is 0 Å². The molecule has 7 heteroatoms. The molecule has 3 N–H and O–H groups in total. The van der Waals surface area contributed by atoms with E-state index >= 15 is 0 Å². The number of hydrogen-bond donors (Lipinski definition) is 3. The van der Waals surface area contributed by atoms with Crippen molar-refractivity contribution in [2.75, 3.05) is 14.2 Å². The first-order chi connectivity index (χ1) is 8.45. The molecule has 2 rings (SSSR count). The molecule has 0 aromatic heterocycles. The molecule has 1 fully saturated rings. The molecule has 1 aliphatic heterocycles. The Morgan fingerprint density at radius 3 is 2.67 bits per heavy atom. The molecule has 104 valence electrons. The van der Waals surface area contributed by atoms with Crippen molar-refractivity contribution in [3.8, 4) is 0 Å². The van der Waals surface area contributed by atoms with Gasteiger partial charge in [-0.2, -0.15) is 0 Å². The Bertz CT molecular complexity index is 339. The van der Waals surface area contributed by atoms with Crippen LogP contribution in [0.1, 0.15) is 13.3 Å². The predicted molar refractivity (Wildman–Crippen MR) is 69.2 cm³/mol. The van der Waals surface area contributed by atoms with Gasteiger partial charge < -0.3 is 15.3 Å². The molecule has 0 bridgehead atoms. The SMILES string of the molecule is CON(C)C1=N[C@@H]2[C@@H](O)[C@H](O)[C@@H]([C@H](C)O)C[C@@H]2S1. The second kappa shape index (κ2) is 5.34. The summed E-state index contributed by atoms with van der Waals surface area (Å²) in [4.78, 5) is 9.46. The van der Waals surface area contributed by atoms with Gasteiger partial charge in [0, 0.05) is 18.2 Å². The van der Waals surface area contributed by atoms with Crippen molar-refractivity contribution >= 4 is 16.9 Å². The van der Waals surface area contributed by atoms with Crippen molar-refractivity contribution < 1.29 is 20.2 Å². The van der Waals surface area contributed by atoms with Crippen molar-refractivity contribution in [2.24, 2.45) is 10.9 Å². The topological polar surface area (TPSA) is 85.5 Å². The van der Waals surface area contributed by atoms with Crippen molar-refractivity contribution in [1.29, 1.82) is 0 Å². The first kappa shape index (κ1) is 14.1. The normalized spacial score (nSPS) is 41.2. The number of hydrogen-bond acceptors (Lipinski definition) is 7. The van der Waals surface area contributed by atoms with Crippen LogP contribution in [0.15, 0.2) is 4.99 Å². The minimum atomic E-state index is -0.932. The van der Waals surface area contributed by atoms with Gasteiger partial charge in [0.1, 0.15) is 6.10 Å². The Kier molecular flexibility index (Phi) is 4.18. The monoisotopic (exact) mass is 276 g/mol. The summed E-state index contributed by atoms with van der Waals surface area (Å²) in [7, 11) is 3.30. The van der Waals surface area contributed by atoms with Crippen LogP contribution < -0.4 is 0 Å². The first-order valence-electron chi connectivity index (χ1n) is 6.02. The third kappa shape index (κ3) is 2.37. The van der Waals surface area contributed by atoms with Crippen LogP contribution in [-0.4, -0.2) is 69.3 Å². The summed E-state index contributed by atoms with van der Waals surface area (Å²) in [5.41, 5.74) is 0. The highest BCUT2D eigenvalue weighted by atomic mass is 32.2. The van der Waals surface area contributed by atoms with Gasteiger partial charge in [0.25, 0.3) is 0 Å². The van der Waals surface area contributed by atoms with Crippen molar-refractivity contribution in [1.82, 2.24) is 5.06 Å². The zero-order chi connectivity index (χ0) is 13.4. The van der Waals surface area contributed by atoms with E-state index in [1.54, 1.807) is 26.1 Å². The molecule has 0 unspecified atom stereocenters. The number of rotatable bonds is 2. The Labute approximate surface area is 111 Å². The molecule has 1 saturated carbocycles. The fourth-order valence-electron chi connectivity index (χ4n) is 2.51. The summed E-state index contributed by atoms with van der Waals surface area (Å²) in [5.74, 6) is -0.309. The molecule has 6 atom stereocenters. The molecule has 6 nitrogen and oxygen atoms in total. The van der Waals surface area contributed by atoms with E-state index in [4.69, 9.17) is 4.84 Å². The highest BCUT2D eigenvalue weighted by molar-refractivity contribution is 8.14. The maximum Gasteiger partial charge on any atom is 0.183 e. The van der Waals surface area contributed by atoms with Gasteiger partial charge in [0.05, 0.1) is 25.4 Å². The van der Waals surface area contributed by atoms with Crippen LogP contribution >= 0.6 is 11.8 Å². The number of thioether (sulfide) groups is 1. The van der Waals surface area contributed by atoms with E-state index in [1.165, 1.54) is 11.8 Å². The Hall–Kier alpha value is -0.340. The number of fused-ring (bicyclic) bond motifs is 1. The largest absolute Gasteiger partial charge is 0.393 e. The van der Waals surface area contributed by atoms with Gasteiger partial charge in [-0.05, 0) is 13.3 Å². The maximum absolute atomic E-state index is 10.1. The molecule has 0 aromatic carbocycles. The summed E-state index contributed by atoms with van der Waals surface area (Å²) >= 11 is 1.52. The number of aliphatic imine (C=N–C) groups is 1. The molecule has 0 amide bonds. The molecule has 0 spiro atoms. The maximum atomic E-state index is 10.1. The third-order valence-electron chi connectivity index (χ3n) is 3.70. The average Bonchev–Trinajstić information content (AvgIpc) is 2.76. The lowest BCUT2D eigenvalue weighted by Gasteiger charge is -2.39. The molecule has 1 aliphatic carbocycles. The van der Waals surface area contributed by atoms with Gasteiger partial charge in [0.2, 0.25) is 0 Å². The highest BCUT2D eigenvalue weighted by Crippen LogP contribution is 2.41. The number of hydroxylamine groups is 2. The molecule has 0 aromatic rings. The Balaban J connectivity index is 2.13. The zero-order valence-corrected chi connectivity index (χ0v) is 11.5. The van der Waals surface area contributed by atoms with Crippen LogP contribution in [0.2, 0.25) is 0 Å². The lowest BCUT2D eigenvalue weighted by Crippen LogP contribution is -2.53. The first-order valence-corrected chi connectivity index (χ1v) is 6.90. The summed E-state index contributed by atoms with van der Waals surface area (Å²) in [5, 5.41) is 32.1. The number of aliphatic hydroxyl groups is 3. The fraction of sp³-hybridized carbons (Fsp3) is 0.909. The Morgan fingerprint density at radius 1 is 1.44 bits per heavy atom. The molecular weight excluding hydrogens is 256 g/mol. The van der Waals surface area contributed by atoms with E-state index in [9.17, 15) is 15.3 Å². The molecule has 0 radical (unpaired) electrons. The zero-order valence-electron chi connectivity index (χ0n) is 10.7. The highest BCUT2D eigenvalue weighted by Gasteiger charge is 2.48. The van der Waals surface area contributed by atoms with E-state index in [1.807, 2.05) is 0 Å². The number of nitrogens with zero attached hydrogens (tertiary/aromatic N) is 2. The summed E-state index contributed by atoms with van der Waals surface area (Å²) < 4.78 is 0. The van der Waals surface area contributed by atoms with E-state index in [-0.39, 0.29) is 17.2 Å². The lowest BCUT2D eigenvalue weighted by molar-refractivity contribution is -0.0839. The van der Waals surface area contributed by atoms with Crippen molar-refractivity contribution in [2.45, 2.75) is 42.9 Å². The van der Waals surface area contributed by atoms with E-state index in [0.29, 0.717) is 11.6 Å². The van der Waals surface area contributed by atoms with E-state index in [2.05, 4.69) is 4.99 Å². The van der Waals surface area contributed by atoms with Gasteiger partial charge in [-0.3, -0.25) is 9.83 Å². The minimum Gasteiger partial charge on any atom is -0.393 e. The van der Waals surface area contributed by atoms with Crippen LogP contribution in [0.3, 0.4) is 0 Å². The standard InChI is InChI=1S/C11H20N2O4S/c1-5(14)6-4-7-8(10(16)9(6)15)12-11(18-7)13(2)17-3/h5-10,14-16H,4H2,1-3H3/t5-,6+,7-,8-,9+,10+/m0/s1. The number of amidine groups is 1. The predicted octanol–water partition coefficient (Wildman–Crippen LogP) is -0.558. The quantitative estimate of drug-likeness (QED) is 0.586. The summed E-state index contributed by atoms with van der Waals surface area (Å²) in [6.07, 6.45) is -1.86. The van der Waals surface area contributed by atoms with Gasteiger partial charge in [0.15, 0.2) is 5.17 Å². The van der Waals surface area contributed by atoms with Crippen LogP contribution in [-0.2, 0) is 4.84 Å². The average molecular weight is 276 g/mol. The van der Waals surface area contributed by atoms with Gasteiger partial charge in [-0.1, -0.05) is 11.8 Å².